The fraction of sp³-hybridized carbons (Fsp3) is 0.0714. The average Bonchev–Trinajstić information content (AvgIpc) is 2.78. The van der Waals surface area contributed by atoms with Crippen LogP contribution in [0.25, 0.3) is 16.9 Å². The van der Waals surface area contributed by atoms with E-state index in [-0.39, 0.29) is 0 Å². The molecule has 0 spiro atoms. The van der Waals surface area contributed by atoms with Crippen LogP contribution in [-0.4, -0.2) is 9.38 Å². The van der Waals surface area contributed by atoms with Crippen LogP contribution in [-0.2, 0) is 6.54 Å². The monoisotopic (exact) mass is 302 g/mol. The van der Waals surface area contributed by atoms with E-state index in [2.05, 4.69) is 38.2 Å². The lowest BCUT2D eigenvalue weighted by Gasteiger charge is -2.00. The zero-order chi connectivity index (χ0) is 12.5. The number of quaternary nitrogens is 1. The van der Waals surface area contributed by atoms with Gasteiger partial charge in [0, 0.05) is 16.2 Å². The lowest BCUT2D eigenvalue weighted by molar-refractivity contribution is -0.387. The second kappa shape index (κ2) is 4.55. The number of aromatic nitrogens is 2. The van der Waals surface area contributed by atoms with Crippen LogP contribution in [0.2, 0.25) is 0 Å². The van der Waals surface area contributed by atoms with E-state index in [0.717, 1.165) is 33.6 Å². The molecule has 3 nitrogen and oxygen atoms in total. The molecule has 0 radical (unpaired) electrons. The molecule has 0 aliphatic rings. The van der Waals surface area contributed by atoms with E-state index in [4.69, 9.17) is 4.98 Å². The van der Waals surface area contributed by atoms with Crippen molar-refractivity contribution in [1.82, 2.24) is 9.38 Å². The third-order valence-electron chi connectivity index (χ3n) is 2.98. The topological polar surface area (TPSA) is 44.9 Å². The molecule has 0 bridgehead atoms. The second-order valence-electron chi connectivity index (χ2n) is 4.09. The molecule has 90 valence electrons. The molecule has 0 unspecified atom stereocenters. The molecule has 0 aliphatic carbocycles. The van der Waals surface area contributed by atoms with E-state index >= 15 is 0 Å². The van der Waals surface area contributed by atoms with Crippen molar-refractivity contribution in [3.63, 3.8) is 0 Å². The summed E-state index contributed by atoms with van der Waals surface area (Å²) in [5, 5.41) is 0. The minimum Gasteiger partial charge on any atom is -0.353 e. The quantitative estimate of drug-likeness (QED) is 0.777. The van der Waals surface area contributed by atoms with Gasteiger partial charge < -0.3 is 5.73 Å². The predicted octanol–water partition coefficient (Wildman–Crippen LogP) is 2.51. The minimum atomic E-state index is 0.719. The summed E-state index contributed by atoms with van der Waals surface area (Å²) in [5.74, 6) is 0. The molecule has 0 fully saturated rings. The second-order valence-corrected chi connectivity index (χ2v) is 5.01. The molecule has 0 aliphatic heterocycles. The van der Waals surface area contributed by atoms with Gasteiger partial charge in [0.1, 0.15) is 17.9 Å². The first-order valence-corrected chi connectivity index (χ1v) is 6.60. The minimum absolute atomic E-state index is 0.719. The number of hydrogen-bond donors (Lipinski definition) is 1. The molecular weight excluding hydrogens is 290 g/mol. The van der Waals surface area contributed by atoms with Gasteiger partial charge in [-0.3, -0.25) is 4.40 Å². The lowest BCUT2D eigenvalue weighted by Crippen LogP contribution is -2.48. The van der Waals surface area contributed by atoms with Crippen LogP contribution in [0, 0.1) is 0 Å². The van der Waals surface area contributed by atoms with Gasteiger partial charge in [0.25, 0.3) is 0 Å². The fourth-order valence-corrected chi connectivity index (χ4v) is 2.39. The highest BCUT2D eigenvalue weighted by Crippen LogP contribution is 2.25. The number of rotatable bonds is 2. The van der Waals surface area contributed by atoms with Crippen LogP contribution in [0.15, 0.2) is 53.1 Å². The van der Waals surface area contributed by atoms with Crippen molar-refractivity contribution in [1.29, 1.82) is 0 Å². The first-order valence-electron chi connectivity index (χ1n) is 5.81. The van der Waals surface area contributed by atoms with Crippen LogP contribution in [0.5, 0.6) is 0 Å². The average molecular weight is 303 g/mol. The number of benzene rings is 1. The summed E-state index contributed by atoms with van der Waals surface area (Å²) in [6.07, 6.45) is 2.03. The highest BCUT2D eigenvalue weighted by molar-refractivity contribution is 9.10. The Morgan fingerprint density at radius 1 is 1.11 bits per heavy atom. The maximum absolute atomic E-state index is 4.69. The smallest absolute Gasteiger partial charge is 0.137 e. The molecule has 2 aromatic heterocycles. The van der Waals surface area contributed by atoms with E-state index in [1.54, 1.807) is 0 Å². The largest absolute Gasteiger partial charge is 0.353 e. The summed E-state index contributed by atoms with van der Waals surface area (Å²) in [6.45, 7) is 0.719. The molecule has 3 aromatic rings. The predicted molar refractivity (Wildman–Crippen MR) is 74.9 cm³/mol. The summed E-state index contributed by atoms with van der Waals surface area (Å²) in [5.41, 5.74) is 8.27. The zero-order valence-electron chi connectivity index (χ0n) is 9.81. The molecule has 1 aromatic carbocycles. The van der Waals surface area contributed by atoms with Crippen molar-refractivity contribution < 1.29 is 5.73 Å². The molecule has 0 amide bonds. The number of pyridine rings is 1. The van der Waals surface area contributed by atoms with Gasteiger partial charge in [0.2, 0.25) is 0 Å². The normalized spacial score (nSPS) is 11.0. The third kappa shape index (κ3) is 1.83. The van der Waals surface area contributed by atoms with E-state index < -0.39 is 0 Å². The van der Waals surface area contributed by atoms with Gasteiger partial charge in [-0.05, 0) is 24.3 Å². The molecule has 0 atom stereocenters. The Labute approximate surface area is 113 Å². The number of fused-ring (bicyclic) bond motifs is 1. The molecule has 0 saturated heterocycles. The summed E-state index contributed by atoms with van der Waals surface area (Å²) < 4.78 is 3.18. The first kappa shape index (κ1) is 11.4. The van der Waals surface area contributed by atoms with Crippen molar-refractivity contribution >= 4 is 21.6 Å². The van der Waals surface area contributed by atoms with Crippen molar-refractivity contribution in [3.05, 3.63) is 58.8 Å². The Hall–Kier alpha value is -1.65. The van der Waals surface area contributed by atoms with Crippen molar-refractivity contribution in [2.45, 2.75) is 6.54 Å². The van der Waals surface area contributed by atoms with Crippen molar-refractivity contribution in [2.75, 3.05) is 0 Å². The van der Waals surface area contributed by atoms with Gasteiger partial charge in [-0.15, -0.1) is 0 Å². The number of hydrogen-bond acceptors (Lipinski definition) is 1. The van der Waals surface area contributed by atoms with Gasteiger partial charge in [0.15, 0.2) is 0 Å². The zero-order valence-corrected chi connectivity index (χ0v) is 11.4. The molecule has 2 heterocycles. The highest BCUT2D eigenvalue weighted by atomic mass is 79.9. The lowest BCUT2D eigenvalue weighted by atomic mass is 10.1. The van der Waals surface area contributed by atoms with E-state index in [1.807, 2.05) is 36.5 Å². The first-order chi connectivity index (χ1) is 8.79. The van der Waals surface area contributed by atoms with Crippen molar-refractivity contribution in [2.24, 2.45) is 0 Å². The van der Waals surface area contributed by atoms with E-state index in [9.17, 15) is 0 Å². The van der Waals surface area contributed by atoms with Crippen LogP contribution >= 0.6 is 15.9 Å². The fourth-order valence-electron chi connectivity index (χ4n) is 2.12. The van der Waals surface area contributed by atoms with Crippen LogP contribution in [0.4, 0.5) is 0 Å². The SMILES string of the molecule is [NH3+]Cc1c(-c2ccc(Br)cc2)nc2ccccn12. The Kier molecular flexibility index (Phi) is 2.89. The van der Waals surface area contributed by atoms with Gasteiger partial charge in [0.05, 0.1) is 5.69 Å². The Morgan fingerprint density at radius 2 is 1.89 bits per heavy atom. The van der Waals surface area contributed by atoms with Crippen LogP contribution in [0.1, 0.15) is 5.69 Å². The molecule has 18 heavy (non-hydrogen) atoms. The number of imidazole rings is 1. The maximum Gasteiger partial charge on any atom is 0.137 e. The van der Waals surface area contributed by atoms with Gasteiger partial charge in [-0.25, -0.2) is 4.98 Å². The standard InChI is InChI=1S/C14H12BrN3/c15-11-6-4-10(5-7-11)14-12(9-16)18-8-2-1-3-13(18)17-14/h1-8H,9,16H2/p+1. The van der Waals surface area contributed by atoms with Gasteiger partial charge >= 0.3 is 0 Å². The summed E-state index contributed by atoms with van der Waals surface area (Å²) >= 11 is 3.45. The summed E-state index contributed by atoms with van der Waals surface area (Å²) in [6, 6.07) is 14.2. The summed E-state index contributed by atoms with van der Waals surface area (Å²) in [7, 11) is 0. The van der Waals surface area contributed by atoms with Crippen LogP contribution in [0.3, 0.4) is 0 Å². The molecule has 3 N–H and O–H groups in total. The molecule has 0 saturated carbocycles. The summed E-state index contributed by atoms with van der Waals surface area (Å²) in [4.78, 5) is 4.69. The number of halogens is 1. The van der Waals surface area contributed by atoms with Gasteiger partial charge in [-0.2, -0.15) is 0 Å². The number of nitrogens with zero attached hydrogens (tertiary/aromatic N) is 2. The van der Waals surface area contributed by atoms with E-state index in [0.29, 0.717) is 0 Å². The van der Waals surface area contributed by atoms with E-state index in [1.165, 1.54) is 0 Å². The molecule has 4 heteroatoms. The maximum atomic E-state index is 4.69. The molecule has 3 rings (SSSR count). The third-order valence-corrected chi connectivity index (χ3v) is 3.51. The Balaban J connectivity index is 2.25. The van der Waals surface area contributed by atoms with Crippen LogP contribution < -0.4 is 5.73 Å². The van der Waals surface area contributed by atoms with Gasteiger partial charge in [-0.1, -0.05) is 34.1 Å². The van der Waals surface area contributed by atoms with Crippen molar-refractivity contribution in [3.8, 4) is 11.3 Å². The highest BCUT2D eigenvalue weighted by Gasteiger charge is 2.13. The Bertz CT molecular complexity index is 686. The Morgan fingerprint density at radius 3 is 2.61 bits per heavy atom. The molecular formula is C14H13BrN3+.